The summed E-state index contributed by atoms with van der Waals surface area (Å²) in [6, 6.07) is 12.6. The molecule has 2 aromatic carbocycles. The minimum Gasteiger partial charge on any atom is -0.324 e. The maximum absolute atomic E-state index is 13.5. The second kappa shape index (κ2) is 8.63. The molecule has 0 spiro atoms. The number of hydrogen-bond donors (Lipinski definition) is 2. The van der Waals surface area contributed by atoms with E-state index in [1.807, 2.05) is 0 Å². The number of carbonyl (C=O) groups excluding carboxylic acids is 1. The topological polar surface area (TPSA) is 75.3 Å². The van der Waals surface area contributed by atoms with Crippen LogP contribution in [0.3, 0.4) is 0 Å². The number of carbonyl (C=O) groups is 1. The number of sulfonamides is 1. The fourth-order valence-electron chi connectivity index (χ4n) is 3.20. The van der Waals surface area contributed by atoms with Crippen LogP contribution in [0.4, 0.5) is 10.1 Å². The Kier molecular flexibility index (Phi) is 6.23. The van der Waals surface area contributed by atoms with E-state index in [-0.39, 0.29) is 29.0 Å². The van der Waals surface area contributed by atoms with Crippen LogP contribution in [0.2, 0.25) is 0 Å². The molecular weight excluding hydrogens is 367 g/mol. The van der Waals surface area contributed by atoms with Gasteiger partial charge in [0.15, 0.2) is 0 Å². The van der Waals surface area contributed by atoms with E-state index in [0.29, 0.717) is 6.42 Å². The van der Waals surface area contributed by atoms with E-state index in [2.05, 4.69) is 10.0 Å². The summed E-state index contributed by atoms with van der Waals surface area (Å²) in [6.45, 7) is 0. The highest BCUT2D eigenvalue weighted by atomic mass is 32.2. The molecule has 5 nitrogen and oxygen atoms in total. The van der Waals surface area contributed by atoms with E-state index in [1.54, 1.807) is 36.4 Å². The first-order valence-corrected chi connectivity index (χ1v) is 10.6. The lowest BCUT2D eigenvalue weighted by Crippen LogP contribution is -2.32. The van der Waals surface area contributed by atoms with E-state index in [1.165, 1.54) is 12.1 Å². The van der Waals surface area contributed by atoms with Gasteiger partial charge in [-0.2, -0.15) is 0 Å². The van der Waals surface area contributed by atoms with Gasteiger partial charge in [-0.1, -0.05) is 37.1 Å². The Morgan fingerprint density at radius 1 is 1.04 bits per heavy atom. The van der Waals surface area contributed by atoms with Crippen LogP contribution in [-0.2, 0) is 21.2 Å². The first kappa shape index (κ1) is 19.5. The number of nitrogens with one attached hydrogen (secondary N) is 2. The fraction of sp³-hybridized carbons (Fsp3) is 0.350. The lowest BCUT2D eigenvalue weighted by molar-refractivity contribution is -0.116. The summed E-state index contributed by atoms with van der Waals surface area (Å²) in [4.78, 5) is 12.2. The number of aryl methyl sites for hydroxylation is 1. The van der Waals surface area contributed by atoms with Gasteiger partial charge in [-0.15, -0.1) is 0 Å². The molecule has 0 heterocycles. The van der Waals surface area contributed by atoms with Crippen LogP contribution in [-0.4, -0.2) is 20.4 Å². The fourth-order valence-corrected chi connectivity index (χ4v) is 4.50. The van der Waals surface area contributed by atoms with Crippen molar-refractivity contribution in [3.05, 3.63) is 59.9 Å². The summed E-state index contributed by atoms with van der Waals surface area (Å²) in [7, 11) is -3.51. The van der Waals surface area contributed by atoms with Crippen molar-refractivity contribution in [2.24, 2.45) is 0 Å². The van der Waals surface area contributed by atoms with Gasteiger partial charge in [-0.05, 0) is 49.1 Å². The highest BCUT2D eigenvalue weighted by Crippen LogP contribution is 2.21. The number of amides is 1. The van der Waals surface area contributed by atoms with Gasteiger partial charge in [0.05, 0.1) is 10.6 Å². The normalized spacial score (nSPS) is 15.0. The third kappa shape index (κ3) is 5.37. The van der Waals surface area contributed by atoms with Crippen LogP contribution in [0, 0.1) is 5.82 Å². The van der Waals surface area contributed by atoms with E-state index in [0.717, 1.165) is 31.2 Å². The number of rotatable bonds is 7. The minimum atomic E-state index is -3.51. The minimum absolute atomic E-state index is 0.0248. The molecule has 0 radical (unpaired) electrons. The zero-order valence-corrected chi connectivity index (χ0v) is 15.8. The quantitative estimate of drug-likeness (QED) is 0.758. The summed E-state index contributed by atoms with van der Waals surface area (Å²) in [5, 5.41) is 2.54. The molecule has 0 aromatic heterocycles. The molecule has 0 unspecified atom stereocenters. The van der Waals surface area contributed by atoms with Crippen molar-refractivity contribution in [2.75, 3.05) is 5.32 Å². The van der Waals surface area contributed by atoms with Gasteiger partial charge in [-0.25, -0.2) is 17.5 Å². The molecular formula is C20H23FN2O3S. The third-order valence-corrected chi connectivity index (χ3v) is 6.24. The van der Waals surface area contributed by atoms with Crippen molar-refractivity contribution in [3.63, 3.8) is 0 Å². The highest BCUT2D eigenvalue weighted by molar-refractivity contribution is 7.89. The van der Waals surface area contributed by atoms with Crippen LogP contribution in [0.25, 0.3) is 0 Å². The summed E-state index contributed by atoms with van der Waals surface area (Å²) < 4.78 is 41.1. The van der Waals surface area contributed by atoms with Gasteiger partial charge < -0.3 is 5.32 Å². The molecule has 0 saturated heterocycles. The van der Waals surface area contributed by atoms with Gasteiger partial charge in [0.2, 0.25) is 15.9 Å². The molecule has 1 amide bonds. The van der Waals surface area contributed by atoms with Crippen LogP contribution in [0.5, 0.6) is 0 Å². The molecule has 2 aromatic rings. The average Bonchev–Trinajstić information content (AvgIpc) is 3.14. The van der Waals surface area contributed by atoms with Crippen LogP contribution >= 0.6 is 0 Å². The third-order valence-electron chi connectivity index (χ3n) is 4.70. The molecule has 1 saturated carbocycles. The van der Waals surface area contributed by atoms with Crippen molar-refractivity contribution in [3.8, 4) is 0 Å². The van der Waals surface area contributed by atoms with Gasteiger partial charge in [0, 0.05) is 12.5 Å². The monoisotopic (exact) mass is 390 g/mol. The lowest BCUT2D eigenvalue weighted by Gasteiger charge is -2.13. The SMILES string of the molecule is O=C(CCc1ccc(S(=O)(=O)NC2CCCC2)cc1)Nc1ccccc1F. The zero-order valence-electron chi connectivity index (χ0n) is 14.9. The van der Waals surface area contributed by atoms with Gasteiger partial charge in [-0.3, -0.25) is 4.79 Å². The molecule has 0 aliphatic heterocycles. The molecule has 7 heteroatoms. The number of hydrogen-bond acceptors (Lipinski definition) is 3. The van der Waals surface area contributed by atoms with Crippen molar-refractivity contribution >= 4 is 21.6 Å². The van der Waals surface area contributed by atoms with Crippen molar-refractivity contribution < 1.29 is 17.6 Å². The second-order valence-corrected chi connectivity index (χ2v) is 8.49. The molecule has 0 atom stereocenters. The Hall–Kier alpha value is -2.25. The lowest BCUT2D eigenvalue weighted by atomic mass is 10.1. The number of benzene rings is 2. The van der Waals surface area contributed by atoms with Gasteiger partial charge in [0.25, 0.3) is 0 Å². The summed E-state index contributed by atoms with van der Waals surface area (Å²) >= 11 is 0. The Morgan fingerprint density at radius 2 is 1.70 bits per heavy atom. The van der Waals surface area contributed by atoms with Crippen LogP contribution in [0.15, 0.2) is 53.4 Å². The molecule has 1 fully saturated rings. The Bertz CT molecular complexity index is 892. The molecule has 0 bridgehead atoms. The van der Waals surface area contributed by atoms with E-state index in [9.17, 15) is 17.6 Å². The first-order valence-electron chi connectivity index (χ1n) is 9.10. The van der Waals surface area contributed by atoms with Gasteiger partial charge in [0.1, 0.15) is 5.82 Å². The second-order valence-electron chi connectivity index (χ2n) is 6.77. The summed E-state index contributed by atoms with van der Waals surface area (Å²) in [6.07, 6.45) is 4.50. The predicted octanol–water partition coefficient (Wildman–Crippen LogP) is 3.62. The molecule has 3 rings (SSSR count). The predicted molar refractivity (Wildman–Crippen MR) is 102 cm³/mol. The first-order chi connectivity index (χ1) is 12.9. The Labute approximate surface area is 159 Å². The largest absolute Gasteiger partial charge is 0.324 e. The number of halogens is 1. The maximum Gasteiger partial charge on any atom is 0.240 e. The molecule has 144 valence electrons. The van der Waals surface area contributed by atoms with E-state index >= 15 is 0 Å². The van der Waals surface area contributed by atoms with Crippen LogP contribution in [0.1, 0.15) is 37.7 Å². The van der Waals surface area contributed by atoms with Crippen LogP contribution < -0.4 is 10.0 Å². The molecule has 1 aliphatic rings. The average molecular weight is 390 g/mol. The zero-order chi connectivity index (χ0) is 19.3. The Balaban J connectivity index is 1.54. The van der Waals surface area contributed by atoms with Crippen molar-refractivity contribution in [1.82, 2.24) is 4.72 Å². The molecule has 1 aliphatic carbocycles. The van der Waals surface area contributed by atoms with E-state index < -0.39 is 15.8 Å². The Morgan fingerprint density at radius 3 is 2.37 bits per heavy atom. The number of para-hydroxylation sites is 1. The van der Waals surface area contributed by atoms with Crippen molar-refractivity contribution in [2.45, 2.75) is 49.5 Å². The summed E-state index contributed by atoms with van der Waals surface area (Å²) in [5.74, 6) is -0.769. The standard InChI is InChI=1S/C20H23FN2O3S/c21-18-7-3-4-8-19(18)22-20(24)14-11-15-9-12-17(13-10-15)27(25,26)23-16-5-1-2-6-16/h3-4,7-10,12-13,16,23H,1-2,5-6,11,14H2,(H,22,24). The summed E-state index contributed by atoms with van der Waals surface area (Å²) in [5.41, 5.74) is 1.00. The molecule has 27 heavy (non-hydrogen) atoms. The highest BCUT2D eigenvalue weighted by Gasteiger charge is 2.22. The van der Waals surface area contributed by atoms with Crippen molar-refractivity contribution in [1.29, 1.82) is 0 Å². The van der Waals surface area contributed by atoms with Gasteiger partial charge >= 0.3 is 0 Å². The smallest absolute Gasteiger partial charge is 0.240 e. The number of anilines is 1. The van der Waals surface area contributed by atoms with E-state index in [4.69, 9.17) is 0 Å². The molecule has 2 N–H and O–H groups in total. The maximum atomic E-state index is 13.5.